The van der Waals surface area contributed by atoms with Gasteiger partial charge < -0.3 is 10.6 Å². The lowest BCUT2D eigenvalue weighted by atomic mass is 10.2. The van der Waals surface area contributed by atoms with Crippen LogP contribution in [0.2, 0.25) is 0 Å². The number of nitrogens with two attached hydrogens (primary N) is 1. The van der Waals surface area contributed by atoms with Crippen LogP contribution in [0.1, 0.15) is 0 Å². The van der Waals surface area contributed by atoms with E-state index < -0.39 is 0 Å². The fourth-order valence-electron chi connectivity index (χ4n) is 1.29. The Bertz CT molecular complexity index is 465. The molecule has 0 amide bonds. The van der Waals surface area contributed by atoms with Gasteiger partial charge in [-0.2, -0.15) is 4.98 Å². The van der Waals surface area contributed by atoms with Gasteiger partial charge in [0.25, 0.3) is 0 Å². The highest BCUT2D eigenvalue weighted by atomic mass is 15.2. The van der Waals surface area contributed by atoms with E-state index in [9.17, 15) is 0 Å². The second-order valence-corrected chi connectivity index (χ2v) is 3.32. The Morgan fingerprint density at radius 1 is 1.14 bits per heavy atom. The Hall–Kier alpha value is -1.84. The molecule has 0 saturated carbocycles. The molecule has 2 aromatic rings. The molecule has 1 heterocycles. The number of aromatic nitrogens is 2. The molecule has 0 aliphatic heterocycles. The lowest BCUT2D eigenvalue weighted by Gasteiger charge is -2.11. The largest absolute Gasteiger partial charge is 0.383 e. The normalized spacial score (nSPS) is 10.4. The number of anilines is 2. The molecule has 0 atom stereocenters. The van der Waals surface area contributed by atoms with E-state index in [1.165, 1.54) is 0 Å². The van der Waals surface area contributed by atoms with Crippen LogP contribution in [0.25, 0.3) is 10.9 Å². The summed E-state index contributed by atoms with van der Waals surface area (Å²) in [5.74, 6) is 1.17. The molecule has 72 valence electrons. The predicted molar refractivity (Wildman–Crippen MR) is 58.3 cm³/mol. The molecular formula is C10H12N4. The van der Waals surface area contributed by atoms with E-state index in [4.69, 9.17) is 5.73 Å². The Balaban J connectivity index is 2.72. The minimum Gasteiger partial charge on any atom is -0.383 e. The number of nitrogen functional groups attached to an aromatic ring is 1. The first-order valence-corrected chi connectivity index (χ1v) is 4.38. The number of benzene rings is 1. The van der Waals surface area contributed by atoms with E-state index in [2.05, 4.69) is 9.97 Å². The summed E-state index contributed by atoms with van der Waals surface area (Å²) in [6, 6.07) is 7.72. The van der Waals surface area contributed by atoms with Gasteiger partial charge in [0.1, 0.15) is 5.82 Å². The average Bonchev–Trinajstić information content (AvgIpc) is 2.17. The van der Waals surface area contributed by atoms with Crippen LogP contribution in [-0.2, 0) is 0 Å². The molecule has 0 saturated heterocycles. The second-order valence-electron chi connectivity index (χ2n) is 3.32. The maximum Gasteiger partial charge on any atom is 0.227 e. The van der Waals surface area contributed by atoms with Gasteiger partial charge in [-0.1, -0.05) is 12.1 Å². The average molecular weight is 188 g/mol. The third kappa shape index (κ3) is 1.35. The Labute approximate surface area is 82.4 Å². The lowest BCUT2D eigenvalue weighted by Crippen LogP contribution is -2.13. The van der Waals surface area contributed by atoms with Gasteiger partial charge in [0.2, 0.25) is 5.95 Å². The quantitative estimate of drug-likeness (QED) is 0.732. The van der Waals surface area contributed by atoms with Crippen molar-refractivity contribution in [2.45, 2.75) is 0 Å². The highest BCUT2D eigenvalue weighted by Crippen LogP contribution is 2.19. The maximum atomic E-state index is 5.82. The summed E-state index contributed by atoms with van der Waals surface area (Å²) in [6.07, 6.45) is 0. The van der Waals surface area contributed by atoms with E-state index in [1.54, 1.807) is 0 Å². The first-order chi connectivity index (χ1) is 6.68. The minimum absolute atomic E-state index is 0.527. The number of hydrogen-bond donors (Lipinski definition) is 1. The number of hydrogen-bond acceptors (Lipinski definition) is 4. The Morgan fingerprint density at radius 2 is 1.86 bits per heavy atom. The number of fused-ring (bicyclic) bond motifs is 1. The van der Waals surface area contributed by atoms with Crippen LogP contribution in [-0.4, -0.2) is 24.1 Å². The van der Waals surface area contributed by atoms with Gasteiger partial charge in [-0.3, -0.25) is 0 Å². The monoisotopic (exact) mass is 188 g/mol. The van der Waals surface area contributed by atoms with Crippen LogP contribution >= 0.6 is 0 Å². The van der Waals surface area contributed by atoms with E-state index >= 15 is 0 Å². The Morgan fingerprint density at radius 3 is 2.57 bits per heavy atom. The summed E-state index contributed by atoms with van der Waals surface area (Å²) >= 11 is 0. The zero-order chi connectivity index (χ0) is 10.1. The molecule has 0 aliphatic carbocycles. The van der Waals surface area contributed by atoms with Crippen molar-refractivity contribution in [2.24, 2.45) is 0 Å². The predicted octanol–water partition coefficient (Wildman–Crippen LogP) is 1.28. The van der Waals surface area contributed by atoms with Crippen LogP contribution in [0, 0.1) is 0 Å². The van der Waals surface area contributed by atoms with Gasteiger partial charge in [-0.05, 0) is 12.1 Å². The van der Waals surface area contributed by atoms with Crippen LogP contribution in [0.15, 0.2) is 24.3 Å². The molecule has 1 aromatic carbocycles. The molecule has 14 heavy (non-hydrogen) atoms. The van der Waals surface area contributed by atoms with Crippen molar-refractivity contribution < 1.29 is 0 Å². The van der Waals surface area contributed by atoms with Gasteiger partial charge in [0.15, 0.2) is 0 Å². The fourth-order valence-corrected chi connectivity index (χ4v) is 1.29. The van der Waals surface area contributed by atoms with Crippen LogP contribution < -0.4 is 10.6 Å². The van der Waals surface area contributed by atoms with Crippen molar-refractivity contribution in [3.63, 3.8) is 0 Å². The highest BCUT2D eigenvalue weighted by Gasteiger charge is 2.04. The molecule has 0 unspecified atom stereocenters. The maximum absolute atomic E-state index is 5.82. The van der Waals surface area contributed by atoms with Crippen molar-refractivity contribution in [1.29, 1.82) is 0 Å². The van der Waals surface area contributed by atoms with Crippen molar-refractivity contribution in [3.05, 3.63) is 24.3 Å². The zero-order valence-electron chi connectivity index (χ0n) is 8.23. The lowest BCUT2D eigenvalue weighted by molar-refractivity contribution is 1.02. The van der Waals surface area contributed by atoms with Crippen molar-refractivity contribution in [1.82, 2.24) is 9.97 Å². The molecule has 0 radical (unpaired) electrons. The molecule has 2 rings (SSSR count). The summed E-state index contributed by atoms with van der Waals surface area (Å²) < 4.78 is 0. The molecule has 0 aliphatic rings. The SMILES string of the molecule is CN(C)c1nc(N)c2ccccc2n1. The fraction of sp³-hybridized carbons (Fsp3) is 0.200. The standard InChI is InChI=1S/C10H12N4/c1-14(2)10-12-8-6-4-3-5-7(8)9(11)13-10/h3-6H,1-2H3,(H2,11,12,13). The summed E-state index contributed by atoms with van der Waals surface area (Å²) in [6.45, 7) is 0. The third-order valence-corrected chi connectivity index (χ3v) is 2.02. The molecule has 0 fully saturated rings. The van der Waals surface area contributed by atoms with E-state index in [0.717, 1.165) is 10.9 Å². The van der Waals surface area contributed by atoms with Gasteiger partial charge >= 0.3 is 0 Å². The molecule has 4 nitrogen and oxygen atoms in total. The summed E-state index contributed by atoms with van der Waals surface area (Å²) in [4.78, 5) is 10.4. The second kappa shape index (κ2) is 3.14. The third-order valence-electron chi connectivity index (χ3n) is 2.02. The van der Waals surface area contributed by atoms with Crippen molar-refractivity contribution >= 4 is 22.7 Å². The highest BCUT2D eigenvalue weighted by molar-refractivity contribution is 5.88. The van der Waals surface area contributed by atoms with Crippen LogP contribution in [0.3, 0.4) is 0 Å². The zero-order valence-corrected chi connectivity index (χ0v) is 8.23. The smallest absolute Gasteiger partial charge is 0.227 e. The molecular weight excluding hydrogens is 176 g/mol. The van der Waals surface area contributed by atoms with E-state index in [1.807, 2.05) is 43.3 Å². The molecule has 4 heteroatoms. The van der Waals surface area contributed by atoms with Crippen molar-refractivity contribution in [3.8, 4) is 0 Å². The van der Waals surface area contributed by atoms with E-state index in [0.29, 0.717) is 11.8 Å². The van der Waals surface area contributed by atoms with Gasteiger partial charge in [0.05, 0.1) is 5.52 Å². The number of rotatable bonds is 1. The summed E-state index contributed by atoms with van der Waals surface area (Å²) in [5.41, 5.74) is 6.70. The molecule has 0 bridgehead atoms. The minimum atomic E-state index is 0.527. The van der Waals surface area contributed by atoms with Crippen LogP contribution in [0.4, 0.5) is 11.8 Å². The topological polar surface area (TPSA) is 55.0 Å². The number of para-hydroxylation sites is 1. The number of nitrogens with zero attached hydrogens (tertiary/aromatic N) is 3. The molecule has 1 aromatic heterocycles. The summed E-state index contributed by atoms with van der Waals surface area (Å²) in [5, 5.41) is 0.901. The van der Waals surface area contributed by atoms with Crippen molar-refractivity contribution in [2.75, 3.05) is 24.7 Å². The molecule has 0 spiro atoms. The molecule has 2 N–H and O–H groups in total. The first-order valence-electron chi connectivity index (χ1n) is 4.38. The van der Waals surface area contributed by atoms with Crippen LogP contribution in [0.5, 0.6) is 0 Å². The van der Waals surface area contributed by atoms with E-state index in [-0.39, 0.29) is 0 Å². The van der Waals surface area contributed by atoms with Gasteiger partial charge in [0, 0.05) is 19.5 Å². The Kier molecular flexibility index (Phi) is 1.96. The van der Waals surface area contributed by atoms with Gasteiger partial charge in [-0.25, -0.2) is 4.98 Å². The summed E-state index contributed by atoms with van der Waals surface area (Å²) in [7, 11) is 3.78. The van der Waals surface area contributed by atoms with Gasteiger partial charge in [-0.15, -0.1) is 0 Å². The first kappa shape index (κ1) is 8.74.